The molecule has 4 nitrogen and oxygen atoms in total. The fraction of sp³-hybridized carbons (Fsp3) is 0.600. The number of ether oxygens (including phenoxy) is 3. The Morgan fingerprint density at radius 1 is 1.45 bits per heavy atom. The van der Waals surface area contributed by atoms with Crippen molar-refractivity contribution in [1.29, 1.82) is 0 Å². The highest BCUT2D eigenvalue weighted by atomic mass is 35.5. The van der Waals surface area contributed by atoms with Gasteiger partial charge in [0.25, 0.3) is 0 Å². The van der Waals surface area contributed by atoms with E-state index in [-0.39, 0.29) is 6.61 Å². The minimum absolute atomic E-state index is 0.127. The Labute approximate surface area is 124 Å². The molecule has 0 spiro atoms. The van der Waals surface area contributed by atoms with E-state index in [0.717, 1.165) is 32.3 Å². The predicted molar refractivity (Wildman–Crippen MR) is 77.6 cm³/mol. The molecule has 1 unspecified atom stereocenters. The highest BCUT2D eigenvalue weighted by Crippen LogP contribution is 2.35. The largest absolute Gasteiger partial charge is 0.493 e. The summed E-state index contributed by atoms with van der Waals surface area (Å²) in [6, 6.07) is 3.38. The zero-order valence-corrected chi connectivity index (χ0v) is 12.5. The molecule has 0 radical (unpaired) electrons. The molecule has 2 rings (SSSR count). The molecule has 1 aliphatic heterocycles. The molecule has 1 atom stereocenters. The second-order valence-corrected chi connectivity index (χ2v) is 5.32. The van der Waals surface area contributed by atoms with Gasteiger partial charge in [-0.15, -0.1) is 0 Å². The van der Waals surface area contributed by atoms with Crippen molar-refractivity contribution in [2.45, 2.75) is 38.4 Å². The number of benzene rings is 1. The van der Waals surface area contributed by atoms with E-state index in [9.17, 15) is 5.11 Å². The Hall–Kier alpha value is -0.970. The molecule has 0 saturated carbocycles. The summed E-state index contributed by atoms with van der Waals surface area (Å²) in [4.78, 5) is 0. The SMILES string of the molecule is COc1cc(Cl)cc(CO)c1OCCCC1CCCO1. The van der Waals surface area contributed by atoms with Crippen molar-refractivity contribution in [3.05, 3.63) is 22.7 Å². The fourth-order valence-electron chi connectivity index (χ4n) is 2.41. The Bertz CT molecular complexity index is 405. The van der Waals surface area contributed by atoms with Crippen molar-refractivity contribution >= 4 is 11.6 Å². The summed E-state index contributed by atoms with van der Waals surface area (Å²) < 4.78 is 16.6. The first kappa shape index (κ1) is 15.4. The molecule has 1 aliphatic rings. The minimum atomic E-state index is -0.127. The number of methoxy groups -OCH3 is 1. The van der Waals surface area contributed by atoms with Crippen molar-refractivity contribution in [3.8, 4) is 11.5 Å². The zero-order valence-electron chi connectivity index (χ0n) is 11.7. The van der Waals surface area contributed by atoms with Gasteiger partial charge in [0.05, 0.1) is 26.4 Å². The molecular weight excluding hydrogens is 280 g/mol. The predicted octanol–water partition coefficient (Wildman–Crippen LogP) is 3.18. The van der Waals surface area contributed by atoms with E-state index in [1.54, 1.807) is 19.2 Å². The van der Waals surface area contributed by atoms with E-state index in [4.69, 9.17) is 25.8 Å². The standard InChI is InChI=1S/C15H21ClO4/c1-18-14-9-12(16)8-11(10-17)15(14)20-7-3-5-13-4-2-6-19-13/h8-9,13,17H,2-7,10H2,1H3. The second kappa shape index (κ2) is 7.72. The minimum Gasteiger partial charge on any atom is -0.493 e. The molecule has 5 heteroatoms. The fourth-order valence-corrected chi connectivity index (χ4v) is 2.64. The first-order valence-electron chi connectivity index (χ1n) is 6.96. The van der Waals surface area contributed by atoms with Gasteiger partial charge in [0.15, 0.2) is 11.5 Å². The van der Waals surface area contributed by atoms with Crippen LogP contribution >= 0.6 is 11.6 Å². The summed E-state index contributed by atoms with van der Waals surface area (Å²) in [6.45, 7) is 1.33. The molecule has 0 aromatic heterocycles. The van der Waals surface area contributed by atoms with E-state index >= 15 is 0 Å². The van der Waals surface area contributed by atoms with Gasteiger partial charge in [-0.3, -0.25) is 0 Å². The Kier molecular flexibility index (Phi) is 5.95. The smallest absolute Gasteiger partial charge is 0.166 e. The lowest BCUT2D eigenvalue weighted by Gasteiger charge is -2.15. The number of aliphatic hydroxyl groups excluding tert-OH is 1. The molecule has 1 saturated heterocycles. The number of halogens is 1. The van der Waals surface area contributed by atoms with Gasteiger partial charge in [-0.2, -0.15) is 0 Å². The van der Waals surface area contributed by atoms with Crippen LogP contribution in [0.2, 0.25) is 5.02 Å². The number of aliphatic hydroxyl groups is 1. The van der Waals surface area contributed by atoms with Crippen LogP contribution < -0.4 is 9.47 Å². The van der Waals surface area contributed by atoms with Crippen LogP contribution in [0.15, 0.2) is 12.1 Å². The summed E-state index contributed by atoms with van der Waals surface area (Å²) in [6.07, 6.45) is 4.60. The summed E-state index contributed by atoms with van der Waals surface area (Å²) in [5, 5.41) is 9.90. The van der Waals surface area contributed by atoms with E-state index in [1.165, 1.54) is 0 Å². The third-order valence-corrected chi connectivity index (χ3v) is 3.65. The van der Waals surface area contributed by atoms with Gasteiger partial charge in [-0.05, 0) is 31.7 Å². The summed E-state index contributed by atoms with van der Waals surface area (Å²) in [7, 11) is 1.56. The summed E-state index contributed by atoms with van der Waals surface area (Å²) in [5.41, 5.74) is 0.645. The number of hydrogen-bond donors (Lipinski definition) is 1. The molecule has 112 valence electrons. The van der Waals surface area contributed by atoms with Gasteiger partial charge in [-0.25, -0.2) is 0 Å². The lowest BCUT2D eigenvalue weighted by molar-refractivity contribution is 0.0978. The van der Waals surface area contributed by atoms with Crippen molar-refractivity contribution in [2.24, 2.45) is 0 Å². The zero-order chi connectivity index (χ0) is 14.4. The van der Waals surface area contributed by atoms with Crippen LogP contribution in [0.3, 0.4) is 0 Å². The van der Waals surface area contributed by atoms with Crippen molar-refractivity contribution in [2.75, 3.05) is 20.3 Å². The van der Waals surface area contributed by atoms with Crippen molar-refractivity contribution in [3.63, 3.8) is 0 Å². The van der Waals surface area contributed by atoms with Gasteiger partial charge in [0.2, 0.25) is 0 Å². The third kappa shape index (κ3) is 4.01. The highest BCUT2D eigenvalue weighted by Gasteiger charge is 2.16. The van der Waals surface area contributed by atoms with E-state index in [2.05, 4.69) is 0 Å². The van der Waals surface area contributed by atoms with Crippen molar-refractivity contribution in [1.82, 2.24) is 0 Å². The van der Waals surface area contributed by atoms with Gasteiger partial charge >= 0.3 is 0 Å². The molecule has 0 aliphatic carbocycles. The molecule has 20 heavy (non-hydrogen) atoms. The average Bonchev–Trinajstić information content (AvgIpc) is 2.97. The summed E-state index contributed by atoms with van der Waals surface area (Å²) >= 11 is 5.96. The van der Waals surface area contributed by atoms with Gasteiger partial charge in [0.1, 0.15) is 0 Å². The van der Waals surface area contributed by atoms with E-state index < -0.39 is 0 Å². The Morgan fingerprint density at radius 3 is 2.95 bits per heavy atom. The summed E-state index contributed by atoms with van der Waals surface area (Å²) in [5.74, 6) is 1.13. The van der Waals surface area contributed by atoms with Crippen LogP contribution in [0.4, 0.5) is 0 Å². The van der Waals surface area contributed by atoms with Crippen LogP contribution in [0.5, 0.6) is 11.5 Å². The molecule has 1 fully saturated rings. The molecular formula is C15H21ClO4. The van der Waals surface area contributed by atoms with Crippen LogP contribution in [0.1, 0.15) is 31.2 Å². The normalized spacial score (nSPS) is 18.2. The maximum absolute atomic E-state index is 9.38. The third-order valence-electron chi connectivity index (χ3n) is 3.43. The van der Waals surface area contributed by atoms with Crippen molar-refractivity contribution < 1.29 is 19.3 Å². The molecule has 0 bridgehead atoms. The lowest BCUT2D eigenvalue weighted by atomic mass is 10.1. The van der Waals surface area contributed by atoms with Crippen LogP contribution in [-0.2, 0) is 11.3 Å². The number of hydrogen-bond acceptors (Lipinski definition) is 4. The topological polar surface area (TPSA) is 47.9 Å². The molecule has 1 N–H and O–H groups in total. The Balaban J connectivity index is 1.90. The van der Waals surface area contributed by atoms with Crippen LogP contribution in [0, 0.1) is 0 Å². The van der Waals surface area contributed by atoms with Crippen LogP contribution in [-0.4, -0.2) is 31.5 Å². The molecule has 1 heterocycles. The molecule has 1 aromatic rings. The van der Waals surface area contributed by atoms with E-state index in [1.807, 2.05) is 0 Å². The highest BCUT2D eigenvalue weighted by molar-refractivity contribution is 6.30. The van der Waals surface area contributed by atoms with E-state index in [0.29, 0.717) is 34.8 Å². The maximum Gasteiger partial charge on any atom is 0.166 e. The lowest BCUT2D eigenvalue weighted by Crippen LogP contribution is -2.08. The van der Waals surface area contributed by atoms with Gasteiger partial charge < -0.3 is 19.3 Å². The maximum atomic E-state index is 9.38. The first-order chi connectivity index (χ1) is 9.74. The Morgan fingerprint density at radius 2 is 2.30 bits per heavy atom. The van der Waals surface area contributed by atoms with Crippen LogP contribution in [0.25, 0.3) is 0 Å². The monoisotopic (exact) mass is 300 g/mol. The molecule has 0 amide bonds. The first-order valence-corrected chi connectivity index (χ1v) is 7.34. The average molecular weight is 301 g/mol. The molecule has 1 aromatic carbocycles. The van der Waals surface area contributed by atoms with Gasteiger partial charge in [0, 0.05) is 23.3 Å². The van der Waals surface area contributed by atoms with Gasteiger partial charge in [-0.1, -0.05) is 11.6 Å². The number of rotatable bonds is 7. The second-order valence-electron chi connectivity index (χ2n) is 4.88. The quantitative estimate of drug-likeness (QED) is 0.786.